The molecule has 1 fully saturated rings. The highest BCUT2D eigenvalue weighted by molar-refractivity contribution is 8.26. The van der Waals surface area contributed by atoms with Gasteiger partial charge in [0.15, 0.2) is 18.1 Å². The van der Waals surface area contributed by atoms with Gasteiger partial charge in [0.05, 0.1) is 11.5 Å². The monoisotopic (exact) mass is 532 g/mol. The second-order valence-corrected chi connectivity index (χ2v) is 10.1. The summed E-state index contributed by atoms with van der Waals surface area (Å²) in [5.41, 5.74) is 3.76. The van der Waals surface area contributed by atoms with E-state index in [2.05, 4.69) is 5.32 Å². The Balaban J connectivity index is 1.40. The minimum atomic E-state index is -0.269. The number of carbonyl (C=O) groups is 2. The molecule has 0 radical (unpaired) electrons. The lowest BCUT2D eigenvalue weighted by Gasteiger charge is -2.14. The number of rotatable bonds is 10. The molecule has 37 heavy (non-hydrogen) atoms. The Kier molecular flexibility index (Phi) is 8.98. The number of anilines is 1. The standard InChI is InChI=1S/C29H28N2O4S2/c1-3-34-25-17-22(11-14-24(25)35-19-27(32)30-23-12-9-20(2)10-13-23)18-26-28(33)31(29(36)37-26)16-15-21-7-5-4-6-8-21/h4-14,17-18H,3,15-16,19H2,1-2H3,(H,30,32)/b26-18-. The number of aryl methyl sites for hydroxylation is 1. The van der Waals surface area contributed by atoms with E-state index in [0.717, 1.165) is 23.1 Å². The lowest BCUT2D eigenvalue weighted by atomic mass is 10.1. The number of benzene rings is 3. The maximum atomic E-state index is 13.0. The third-order valence-corrected chi connectivity index (χ3v) is 6.98. The molecule has 1 N–H and O–H groups in total. The molecule has 190 valence electrons. The largest absolute Gasteiger partial charge is 0.490 e. The Morgan fingerprint density at radius 1 is 1.03 bits per heavy atom. The quantitative estimate of drug-likeness (QED) is 0.261. The van der Waals surface area contributed by atoms with Crippen molar-refractivity contribution in [1.29, 1.82) is 0 Å². The highest BCUT2D eigenvalue weighted by Gasteiger charge is 2.31. The van der Waals surface area contributed by atoms with Crippen molar-refractivity contribution in [2.24, 2.45) is 0 Å². The van der Waals surface area contributed by atoms with Gasteiger partial charge < -0.3 is 14.8 Å². The molecule has 0 bridgehead atoms. The van der Waals surface area contributed by atoms with Crippen LogP contribution in [0.3, 0.4) is 0 Å². The fourth-order valence-electron chi connectivity index (χ4n) is 3.71. The maximum absolute atomic E-state index is 13.0. The Bertz CT molecular complexity index is 1310. The highest BCUT2D eigenvalue weighted by atomic mass is 32.2. The summed E-state index contributed by atoms with van der Waals surface area (Å²) < 4.78 is 12.0. The summed E-state index contributed by atoms with van der Waals surface area (Å²) in [7, 11) is 0. The van der Waals surface area contributed by atoms with Crippen molar-refractivity contribution in [3.05, 3.63) is 94.4 Å². The zero-order chi connectivity index (χ0) is 26.2. The third kappa shape index (κ3) is 7.21. The predicted molar refractivity (Wildman–Crippen MR) is 153 cm³/mol. The smallest absolute Gasteiger partial charge is 0.266 e. The molecule has 3 aromatic carbocycles. The van der Waals surface area contributed by atoms with E-state index in [1.54, 1.807) is 23.1 Å². The lowest BCUT2D eigenvalue weighted by Crippen LogP contribution is -2.30. The van der Waals surface area contributed by atoms with Crippen LogP contribution in [0.4, 0.5) is 5.69 Å². The van der Waals surface area contributed by atoms with Gasteiger partial charge in [-0.1, -0.05) is 78.1 Å². The van der Waals surface area contributed by atoms with Crippen molar-refractivity contribution in [3.63, 3.8) is 0 Å². The molecule has 0 spiro atoms. The van der Waals surface area contributed by atoms with Crippen molar-refractivity contribution >= 4 is 51.9 Å². The van der Waals surface area contributed by atoms with Gasteiger partial charge in [-0.25, -0.2) is 0 Å². The van der Waals surface area contributed by atoms with E-state index in [9.17, 15) is 9.59 Å². The van der Waals surface area contributed by atoms with Gasteiger partial charge in [0.2, 0.25) is 0 Å². The van der Waals surface area contributed by atoms with E-state index in [4.69, 9.17) is 21.7 Å². The first-order valence-electron chi connectivity index (χ1n) is 12.0. The number of thiocarbonyl (C=S) groups is 1. The van der Waals surface area contributed by atoms with Crippen molar-refractivity contribution in [2.75, 3.05) is 25.1 Å². The predicted octanol–water partition coefficient (Wildman–Crippen LogP) is 5.86. The molecular formula is C29H28N2O4S2. The van der Waals surface area contributed by atoms with Crippen LogP contribution < -0.4 is 14.8 Å². The number of hydrogen-bond acceptors (Lipinski definition) is 6. The molecule has 1 aliphatic rings. The Morgan fingerprint density at radius 2 is 1.78 bits per heavy atom. The zero-order valence-corrected chi connectivity index (χ0v) is 22.4. The van der Waals surface area contributed by atoms with Crippen LogP contribution in [0.5, 0.6) is 11.5 Å². The van der Waals surface area contributed by atoms with E-state index < -0.39 is 0 Å². The highest BCUT2D eigenvalue weighted by Crippen LogP contribution is 2.35. The summed E-state index contributed by atoms with van der Waals surface area (Å²) in [6, 6.07) is 22.9. The SMILES string of the molecule is CCOc1cc(/C=C2\SC(=S)N(CCc3ccccc3)C2=O)ccc1OCC(=O)Nc1ccc(C)cc1. The van der Waals surface area contributed by atoms with Crippen LogP contribution in [0.25, 0.3) is 6.08 Å². The number of nitrogens with one attached hydrogen (secondary N) is 1. The summed E-state index contributed by atoms with van der Waals surface area (Å²) in [6.07, 6.45) is 2.54. The number of ether oxygens (including phenoxy) is 2. The minimum Gasteiger partial charge on any atom is -0.490 e. The summed E-state index contributed by atoms with van der Waals surface area (Å²) in [5.74, 6) is 0.582. The first kappa shape index (κ1) is 26.4. The van der Waals surface area contributed by atoms with E-state index in [0.29, 0.717) is 39.6 Å². The van der Waals surface area contributed by atoms with Crippen molar-refractivity contribution < 1.29 is 19.1 Å². The summed E-state index contributed by atoms with van der Waals surface area (Å²) >= 11 is 6.77. The average Bonchev–Trinajstić information content (AvgIpc) is 3.16. The van der Waals surface area contributed by atoms with Gasteiger partial charge in [0.1, 0.15) is 4.32 Å². The van der Waals surface area contributed by atoms with Crippen LogP contribution in [0.15, 0.2) is 77.7 Å². The van der Waals surface area contributed by atoms with E-state index in [-0.39, 0.29) is 18.4 Å². The van der Waals surface area contributed by atoms with Crippen LogP contribution in [0.2, 0.25) is 0 Å². The summed E-state index contributed by atoms with van der Waals surface area (Å²) in [5, 5.41) is 2.81. The molecule has 4 rings (SSSR count). The van der Waals surface area contributed by atoms with Gasteiger partial charge in [-0.05, 0) is 61.7 Å². The van der Waals surface area contributed by atoms with Gasteiger partial charge in [-0.2, -0.15) is 0 Å². The molecule has 0 atom stereocenters. The van der Waals surface area contributed by atoms with Crippen LogP contribution in [0.1, 0.15) is 23.6 Å². The fourth-order valence-corrected chi connectivity index (χ4v) is 5.02. The molecule has 0 saturated carbocycles. The van der Waals surface area contributed by atoms with Gasteiger partial charge in [0, 0.05) is 12.2 Å². The average molecular weight is 533 g/mol. The lowest BCUT2D eigenvalue weighted by molar-refractivity contribution is -0.122. The number of thioether (sulfide) groups is 1. The second kappa shape index (κ2) is 12.6. The first-order valence-corrected chi connectivity index (χ1v) is 13.2. The molecule has 0 aliphatic carbocycles. The van der Waals surface area contributed by atoms with E-state index in [1.807, 2.05) is 74.5 Å². The number of hydrogen-bond donors (Lipinski definition) is 1. The van der Waals surface area contributed by atoms with E-state index >= 15 is 0 Å². The molecule has 0 aromatic heterocycles. The first-order chi connectivity index (χ1) is 17.9. The fraction of sp³-hybridized carbons (Fsp3) is 0.207. The molecule has 6 nitrogen and oxygen atoms in total. The van der Waals surface area contributed by atoms with Crippen molar-refractivity contribution in [1.82, 2.24) is 4.90 Å². The number of nitrogens with zero attached hydrogens (tertiary/aromatic N) is 1. The van der Waals surface area contributed by atoms with Gasteiger partial charge in [-0.3, -0.25) is 14.5 Å². The Morgan fingerprint density at radius 3 is 2.51 bits per heavy atom. The molecular weight excluding hydrogens is 504 g/mol. The molecule has 1 aliphatic heterocycles. The van der Waals surface area contributed by atoms with Gasteiger partial charge >= 0.3 is 0 Å². The molecule has 8 heteroatoms. The molecule has 1 saturated heterocycles. The molecule has 3 aromatic rings. The Labute approximate surface area is 226 Å². The number of amides is 2. The van der Waals surface area contributed by atoms with Crippen molar-refractivity contribution in [3.8, 4) is 11.5 Å². The van der Waals surface area contributed by atoms with E-state index in [1.165, 1.54) is 11.8 Å². The molecule has 1 heterocycles. The Hall–Kier alpha value is -3.62. The summed E-state index contributed by atoms with van der Waals surface area (Å²) in [6.45, 7) is 4.66. The van der Waals surface area contributed by atoms with Gasteiger partial charge in [0.25, 0.3) is 11.8 Å². The molecule has 2 amide bonds. The van der Waals surface area contributed by atoms with Crippen LogP contribution in [-0.2, 0) is 16.0 Å². The normalized spacial score (nSPS) is 14.2. The zero-order valence-electron chi connectivity index (χ0n) is 20.7. The maximum Gasteiger partial charge on any atom is 0.266 e. The minimum absolute atomic E-state index is 0.100. The van der Waals surface area contributed by atoms with Crippen LogP contribution >= 0.6 is 24.0 Å². The van der Waals surface area contributed by atoms with Gasteiger partial charge in [-0.15, -0.1) is 0 Å². The second-order valence-electron chi connectivity index (χ2n) is 8.41. The van der Waals surface area contributed by atoms with Crippen LogP contribution in [-0.4, -0.2) is 40.8 Å². The summed E-state index contributed by atoms with van der Waals surface area (Å²) in [4.78, 5) is 27.6. The molecule has 0 unspecified atom stereocenters. The third-order valence-electron chi connectivity index (χ3n) is 5.60. The number of carbonyl (C=O) groups excluding carboxylic acids is 2. The van der Waals surface area contributed by atoms with Crippen molar-refractivity contribution in [2.45, 2.75) is 20.3 Å². The topological polar surface area (TPSA) is 67.9 Å². The van der Waals surface area contributed by atoms with Crippen LogP contribution in [0, 0.1) is 6.92 Å².